The summed E-state index contributed by atoms with van der Waals surface area (Å²) in [7, 11) is -0.884. The highest BCUT2D eigenvalue weighted by atomic mass is 31.1. The van der Waals surface area contributed by atoms with Crippen LogP contribution in [-0.4, -0.2) is 25.4 Å². The Hall–Kier alpha value is -1.20. The Bertz CT molecular complexity index is 511. The highest BCUT2D eigenvalue weighted by Crippen LogP contribution is 2.34. The summed E-state index contributed by atoms with van der Waals surface area (Å²) in [6.45, 7) is 5.34. The molecule has 1 aromatic rings. The highest BCUT2D eigenvalue weighted by Gasteiger charge is 2.23. The van der Waals surface area contributed by atoms with E-state index in [1.807, 2.05) is 13.8 Å². The van der Waals surface area contributed by atoms with E-state index < -0.39 is 49.7 Å². The smallest absolute Gasteiger partial charge is 0.338 e. The van der Waals surface area contributed by atoms with Crippen LogP contribution < -0.4 is 4.74 Å². The monoisotopic (exact) mass is 340 g/mol. The molecule has 0 aliphatic carbocycles. The summed E-state index contributed by atoms with van der Waals surface area (Å²) >= 11 is 0. The number of hydrogen-bond donors (Lipinski definition) is 0. The van der Waals surface area contributed by atoms with E-state index in [1.165, 1.54) is 0 Å². The minimum Gasteiger partial charge on any atom is -0.418 e. The molecule has 0 fully saturated rings. The van der Waals surface area contributed by atoms with Crippen molar-refractivity contribution in [1.29, 1.82) is 0 Å². The fourth-order valence-corrected chi connectivity index (χ4v) is 2.79. The van der Waals surface area contributed by atoms with Crippen molar-refractivity contribution in [3.05, 3.63) is 29.3 Å². The molecule has 0 amide bonds. The lowest BCUT2D eigenvalue weighted by Gasteiger charge is -2.14. The second-order valence-corrected chi connectivity index (χ2v) is 7.04. The van der Waals surface area contributed by atoms with Gasteiger partial charge in [-0.3, -0.25) is 0 Å². The largest absolute Gasteiger partial charge is 0.418 e. The van der Waals surface area contributed by atoms with Crippen LogP contribution in [0.3, 0.4) is 0 Å². The zero-order valence-corrected chi connectivity index (χ0v) is 13.4. The first-order valence-electron chi connectivity index (χ1n) is 6.60. The van der Waals surface area contributed by atoms with E-state index in [0.29, 0.717) is 5.92 Å². The molecule has 0 saturated carbocycles. The molecule has 0 aromatic heterocycles. The molecular weight excluding hydrogens is 323 g/mol. The van der Waals surface area contributed by atoms with Crippen molar-refractivity contribution in [2.24, 2.45) is 5.92 Å². The third-order valence-corrected chi connectivity index (χ3v) is 4.17. The summed E-state index contributed by atoms with van der Waals surface area (Å²) in [6.07, 6.45) is 1.67. The van der Waals surface area contributed by atoms with Gasteiger partial charge in [-0.1, -0.05) is 13.8 Å². The SMILES string of the molecule is CC(C)CCP(C)OCC(=O)Oc1c(F)c(F)cc(F)c1F. The molecule has 0 heterocycles. The van der Waals surface area contributed by atoms with Crippen molar-refractivity contribution in [3.63, 3.8) is 0 Å². The van der Waals surface area contributed by atoms with Crippen molar-refractivity contribution < 1.29 is 31.6 Å². The van der Waals surface area contributed by atoms with Gasteiger partial charge in [0, 0.05) is 14.2 Å². The van der Waals surface area contributed by atoms with Crippen molar-refractivity contribution in [2.75, 3.05) is 19.4 Å². The van der Waals surface area contributed by atoms with Crippen molar-refractivity contribution in [3.8, 4) is 5.75 Å². The molecule has 22 heavy (non-hydrogen) atoms. The topological polar surface area (TPSA) is 35.5 Å². The summed E-state index contributed by atoms with van der Waals surface area (Å²) in [4.78, 5) is 11.5. The predicted octanol–water partition coefficient (Wildman–Crippen LogP) is 4.24. The van der Waals surface area contributed by atoms with Crippen LogP contribution in [0.4, 0.5) is 17.6 Å². The van der Waals surface area contributed by atoms with E-state index in [2.05, 4.69) is 4.74 Å². The number of benzene rings is 1. The molecule has 1 atom stereocenters. The second kappa shape index (κ2) is 8.44. The zero-order valence-electron chi connectivity index (χ0n) is 12.5. The summed E-state index contributed by atoms with van der Waals surface area (Å²) < 4.78 is 62.1. The van der Waals surface area contributed by atoms with Gasteiger partial charge in [0.05, 0.1) is 0 Å². The minimum atomic E-state index is -1.76. The van der Waals surface area contributed by atoms with Crippen LogP contribution >= 0.6 is 8.15 Å². The number of carbonyl (C=O) groups excluding carboxylic acids is 1. The Labute approximate surface area is 127 Å². The Morgan fingerprint density at radius 1 is 1.18 bits per heavy atom. The summed E-state index contributed by atoms with van der Waals surface area (Å²) in [6, 6.07) is 0.0374. The average Bonchev–Trinajstić information content (AvgIpc) is 2.45. The first-order valence-corrected chi connectivity index (χ1v) is 8.49. The number of esters is 1. The quantitative estimate of drug-likeness (QED) is 0.245. The van der Waals surface area contributed by atoms with Crippen molar-refractivity contribution >= 4 is 14.1 Å². The molecule has 0 radical (unpaired) electrons. The fourth-order valence-electron chi connectivity index (χ4n) is 1.45. The number of rotatable bonds is 7. The molecule has 0 saturated heterocycles. The first-order chi connectivity index (χ1) is 10.2. The predicted molar refractivity (Wildman–Crippen MR) is 75.0 cm³/mol. The van der Waals surface area contributed by atoms with Gasteiger partial charge in [0.2, 0.25) is 17.4 Å². The maximum absolute atomic E-state index is 13.3. The molecule has 1 aromatic carbocycles. The lowest BCUT2D eigenvalue weighted by molar-refractivity contribution is -0.136. The van der Waals surface area contributed by atoms with E-state index in [9.17, 15) is 22.4 Å². The van der Waals surface area contributed by atoms with Crippen molar-refractivity contribution in [1.82, 2.24) is 0 Å². The van der Waals surface area contributed by atoms with E-state index in [1.54, 1.807) is 6.66 Å². The molecule has 1 rings (SSSR count). The maximum atomic E-state index is 13.3. The summed E-state index contributed by atoms with van der Waals surface area (Å²) in [5.41, 5.74) is 0. The second-order valence-electron chi connectivity index (χ2n) is 5.08. The summed E-state index contributed by atoms with van der Waals surface area (Å²) in [5.74, 6) is -8.83. The van der Waals surface area contributed by atoms with Crippen LogP contribution in [0.1, 0.15) is 20.3 Å². The standard InChI is InChI=1S/C14H17F4O3P/c1-8(2)4-5-22(3)20-7-11(19)21-14-12(17)9(15)6-10(16)13(14)18/h6,8H,4-5,7H2,1-3H3. The third-order valence-electron chi connectivity index (χ3n) is 2.71. The van der Waals surface area contributed by atoms with Crippen LogP contribution in [0, 0.1) is 29.2 Å². The molecule has 0 aliphatic rings. The third kappa shape index (κ3) is 5.54. The number of ether oxygens (including phenoxy) is 1. The van der Waals surface area contributed by atoms with Gasteiger partial charge in [0.15, 0.2) is 11.6 Å². The Morgan fingerprint density at radius 3 is 2.23 bits per heavy atom. The van der Waals surface area contributed by atoms with Gasteiger partial charge >= 0.3 is 5.97 Å². The molecule has 0 spiro atoms. The highest BCUT2D eigenvalue weighted by molar-refractivity contribution is 7.51. The van der Waals surface area contributed by atoms with E-state index in [4.69, 9.17) is 4.52 Å². The first kappa shape index (κ1) is 18.8. The summed E-state index contributed by atoms with van der Waals surface area (Å²) in [5, 5.41) is 0. The number of hydrogen-bond acceptors (Lipinski definition) is 3. The van der Waals surface area contributed by atoms with E-state index in [-0.39, 0.29) is 6.07 Å². The van der Waals surface area contributed by atoms with E-state index in [0.717, 1.165) is 12.6 Å². The molecule has 3 nitrogen and oxygen atoms in total. The van der Waals surface area contributed by atoms with Gasteiger partial charge in [-0.15, -0.1) is 0 Å². The van der Waals surface area contributed by atoms with Crippen molar-refractivity contribution in [2.45, 2.75) is 20.3 Å². The normalized spacial score (nSPS) is 12.5. The Kier molecular flexibility index (Phi) is 7.23. The van der Waals surface area contributed by atoms with Gasteiger partial charge in [0.1, 0.15) is 6.61 Å². The van der Waals surface area contributed by atoms with Crippen LogP contribution in [-0.2, 0) is 9.32 Å². The Balaban J connectivity index is 2.59. The molecule has 124 valence electrons. The fraction of sp³-hybridized carbons (Fsp3) is 0.500. The van der Waals surface area contributed by atoms with Gasteiger partial charge in [-0.25, -0.2) is 13.6 Å². The van der Waals surface area contributed by atoms with Crippen LogP contribution in [0.5, 0.6) is 5.75 Å². The van der Waals surface area contributed by atoms with E-state index >= 15 is 0 Å². The minimum absolute atomic E-state index is 0.0374. The Morgan fingerprint density at radius 2 is 1.73 bits per heavy atom. The molecule has 0 N–H and O–H groups in total. The van der Waals surface area contributed by atoms with Gasteiger partial charge in [-0.05, 0) is 25.2 Å². The van der Waals surface area contributed by atoms with Crippen LogP contribution in [0.25, 0.3) is 0 Å². The molecule has 0 aliphatic heterocycles. The maximum Gasteiger partial charge on any atom is 0.338 e. The zero-order chi connectivity index (χ0) is 16.9. The molecule has 0 bridgehead atoms. The van der Waals surface area contributed by atoms with Gasteiger partial charge in [-0.2, -0.15) is 8.78 Å². The lowest BCUT2D eigenvalue weighted by Crippen LogP contribution is -2.17. The van der Waals surface area contributed by atoms with Crippen LogP contribution in [0.2, 0.25) is 0 Å². The number of halogens is 4. The molecular formula is C14H17F4O3P. The molecule has 1 unspecified atom stereocenters. The van der Waals surface area contributed by atoms with Gasteiger partial charge in [0.25, 0.3) is 0 Å². The van der Waals surface area contributed by atoms with Crippen LogP contribution in [0.15, 0.2) is 6.07 Å². The van der Waals surface area contributed by atoms with Gasteiger partial charge < -0.3 is 9.26 Å². The number of carbonyl (C=O) groups is 1. The molecule has 8 heteroatoms. The lowest BCUT2D eigenvalue weighted by atomic mass is 10.2. The average molecular weight is 340 g/mol.